The third-order valence-corrected chi connectivity index (χ3v) is 8.74. The second-order valence-electron chi connectivity index (χ2n) is 8.47. The fraction of sp³-hybridized carbons (Fsp3) is 0.591. The van der Waals surface area contributed by atoms with Crippen molar-refractivity contribution in [2.24, 2.45) is 0 Å². The molecule has 3 rings (SSSR count). The average Bonchev–Trinajstić information content (AvgIpc) is 3.14. The maximum atomic E-state index is 13.8. The van der Waals surface area contributed by atoms with Gasteiger partial charge in [-0.25, -0.2) is 13.4 Å². The van der Waals surface area contributed by atoms with Crippen molar-refractivity contribution >= 4 is 27.7 Å². The minimum Gasteiger partial charge on any atom is -0.354 e. The molecule has 2 N–H and O–H groups in total. The maximum Gasteiger partial charge on any atom is 0.244 e. The zero-order valence-corrected chi connectivity index (χ0v) is 20.9. The molecule has 0 radical (unpaired) electrons. The normalized spacial score (nSPS) is 15.3. The van der Waals surface area contributed by atoms with Crippen molar-refractivity contribution in [1.29, 1.82) is 0 Å². The third kappa shape index (κ3) is 6.11. The summed E-state index contributed by atoms with van der Waals surface area (Å²) in [5.74, 6) is 1.06. The second-order valence-corrected chi connectivity index (χ2v) is 11.4. The largest absolute Gasteiger partial charge is 0.354 e. The van der Waals surface area contributed by atoms with Crippen LogP contribution in [0.15, 0.2) is 22.2 Å². The quantitative estimate of drug-likeness (QED) is 0.422. The Bertz CT molecular complexity index is 1020. The summed E-state index contributed by atoms with van der Waals surface area (Å²) in [6.07, 6.45) is 4.65. The lowest BCUT2D eigenvalue weighted by Crippen LogP contribution is -2.47. The van der Waals surface area contributed by atoms with Crippen LogP contribution in [0.4, 0.5) is 0 Å². The van der Waals surface area contributed by atoms with Crippen molar-refractivity contribution < 1.29 is 13.2 Å². The monoisotopic (exact) mass is 479 g/mol. The molecule has 176 valence electrons. The van der Waals surface area contributed by atoms with E-state index in [9.17, 15) is 13.2 Å². The van der Waals surface area contributed by atoms with E-state index in [0.29, 0.717) is 22.3 Å². The van der Waals surface area contributed by atoms with Gasteiger partial charge >= 0.3 is 0 Å². The van der Waals surface area contributed by atoms with Crippen LogP contribution in [0.3, 0.4) is 0 Å². The number of carbonyl (C=O) groups is 1. The summed E-state index contributed by atoms with van der Waals surface area (Å²) in [5, 5.41) is 10.3. The SMILES string of the molecule is Cc1cc(C)c(S(=O)(=O)N(CC(=O)NCCSc2n[nH]c(C)n2)C2CCCCC2)c(C)c1. The van der Waals surface area contributed by atoms with Crippen LogP contribution in [0.25, 0.3) is 0 Å². The van der Waals surface area contributed by atoms with Crippen LogP contribution in [0.2, 0.25) is 0 Å². The van der Waals surface area contributed by atoms with Gasteiger partial charge in [-0.05, 0) is 51.7 Å². The molecule has 32 heavy (non-hydrogen) atoms. The van der Waals surface area contributed by atoms with E-state index >= 15 is 0 Å². The fourth-order valence-corrected chi connectivity index (χ4v) is 7.14. The number of nitrogens with zero attached hydrogens (tertiary/aromatic N) is 3. The van der Waals surface area contributed by atoms with Gasteiger partial charge in [-0.3, -0.25) is 9.89 Å². The van der Waals surface area contributed by atoms with Crippen molar-refractivity contribution in [2.75, 3.05) is 18.8 Å². The molecule has 1 heterocycles. The molecule has 1 amide bonds. The van der Waals surface area contributed by atoms with Crippen molar-refractivity contribution in [3.63, 3.8) is 0 Å². The van der Waals surface area contributed by atoms with Crippen LogP contribution in [-0.2, 0) is 14.8 Å². The summed E-state index contributed by atoms with van der Waals surface area (Å²) in [7, 11) is -3.80. The number of aryl methyl sites for hydroxylation is 4. The first-order valence-corrected chi connectivity index (χ1v) is 13.5. The zero-order chi connectivity index (χ0) is 23.3. The Kier molecular flexibility index (Phi) is 8.35. The number of rotatable bonds is 9. The van der Waals surface area contributed by atoms with E-state index in [0.717, 1.165) is 54.6 Å². The molecular weight excluding hydrogens is 446 g/mol. The topological polar surface area (TPSA) is 108 Å². The summed E-state index contributed by atoms with van der Waals surface area (Å²) in [4.78, 5) is 17.3. The Labute approximate surface area is 195 Å². The van der Waals surface area contributed by atoms with Gasteiger partial charge in [-0.15, -0.1) is 5.10 Å². The van der Waals surface area contributed by atoms with Crippen LogP contribution in [0.1, 0.15) is 54.6 Å². The van der Waals surface area contributed by atoms with Crippen LogP contribution in [-0.4, -0.2) is 58.7 Å². The molecule has 1 fully saturated rings. The molecule has 1 aliphatic carbocycles. The molecule has 0 unspecified atom stereocenters. The van der Waals surface area contributed by atoms with Gasteiger partial charge < -0.3 is 5.32 Å². The predicted molar refractivity (Wildman–Crippen MR) is 126 cm³/mol. The molecule has 0 aliphatic heterocycles. The summed E-state index contributed by atoms with van der Waals surface area (Å²) in [6.45, 7) is 7.70. The van der Waals surface area contributed by atoms with Gasteiger partial charge in [0, 0.05) is 18.3 Å². The van der Waals surface area contributed by atoms with Gasteiger partial charge in [0.1, 0.15) is 5.82 Å². The van der Waals surface area contributed by atoms with E-state index < -0.39 is 10.0 Å². The molecule has 0 atom stereocenters. The number of sulfonamides is 1. The fourth-order valence-electron chi connectivity index (χ4n) is 4.39. The highest BCUT2D eigenvalue weighted by Gasteiger charge is 2.35. The Morgan fingerprint density at radius 2 is 1.81 bits per heavy atom. The van der Waals surface area contributed by atoms with E-state index in [1.165, 1.54) is 16.1 Å². The number of thioether (sulfide) groups is 1. The molecule has 0 spiro atoms. The molecule has 1 aliphatic rings. The maximum absolute atomic E-state index is 13.8. The summed E-state index contributed by atoms with van der Waals surface area (Å²) >= 11 is 1.44. The number of hydrogen-bond donors (Lipinski definition) is 2. The number of benzene rings is 1. The van der Waals surface area contributed by atoms with Crippen LogP contribution in [0, 0.1) is 27.7 Å². The Morgan fingerprint density at radius 1 is 1.16 bits per heavy atom. The predicted octanol–water partition coefficient (Wildman–Crippen LogP) is 3.27. The molecule has 0 bridgehead atoms. The minimum atomic E-state index is -3.80. The first-order valence-electron chi connectivity index (χ1n) is 11.1. The second kappa shape index (κ2) is 10.8. The molecular formula is C22H33N5O3S2. The lowest BCUT2D eigenvalue weighted by Gasteiger charge is -2.33. The molecule has 1 aromatic carbocycles. The highest BCUT2D eigenvalue weighted by molar-refractivity contribution is 7.99. The Balaban J connectivity index is 1.72. The smallest absolute Gasteiger partial charge is 0.244 e. The van der Waals surface area contributed by atoms with Gasteiger partial charge in [-0.1, -0.05) is 48.7 Å². The summed E-state index contributed by atoms with van der Waals surface area (Å²) < 4.78 is 29.0. The van der Waals surface area contributed by atoms with Crippen LogP contribution < -0.4 is 5.32 Å². The Morgan fingerprint density at radius 3 is 2.41 bits per heavy atom. The number of hydrogen-bond acceptors (Lipinski definition) is 6. The van der Waals surface area contributed by atoms with Crippen LogP contribution >= 0.6 is 11.8 Å². The number of aromatic nitrogens is 3. The van der Waals surface area contributed by atoms with Crippen molar-refractivity contribution in [3.8, 4) is 0 Å². The van der Waals surface area contributed by atoms with Gasteiger partial charge in [0.05, 0.1) is 11.4 Å². The highest BCUT2D eigenvalue weighted by atomic mass is 32.2. The first-order chi connectivity index (χ1) is 15.2. The molecule has 0 saturated heterocycles. The van der Waals surface area contributed by atoms with E-state index in [-0.39, 0.29) is 18.5 Å². The average molecular weight is 480 g/mol. The summed E-state index contributed by atoms with van der Waals surface area (Å²) in [5.41, 5.74) is 2.48. The lowest BCUT2D eigenvalue weighted by molar-refractivity contribution is -0.121. The summed E-state index contributed by atoms with van der Waals surface area (Å²) in [6, 6.07) is 3.63. The zero-order valence-electron chi connectivity index (χ0n) is 19.3. The van der Waals surface area contributed by atoms with Crippen molar-refractivity contribution in [2.45, 2.75) is 75.9 Å². The van der Waals surface area contributed by atoms with E-state index in [2.05, 4.69) is 20.5 Å². The first kappa shape index (κ1) is 24.7. The number of carbonyl (C=O) groups excluding carboxylic acids is 1. The van der Waals surface area contributed by atoms with Crippen molar-refractivity contribution in [1.82, 2.24) is 24.8 Å². The van der Waals surface area contributed by atoms with E-state index in [1.54, 1.807) is 0 Å². The lowest BCUT2D eigenvalue weighted by atomic mass is 9.95. The van der Waals surface area contributed by atoms with E-state index in [1.807, 2.05) is 39.8 Å². The Hall–Kier alpha value is -1.91. The molecule has 1 saturated carbocycles. The number of amides is 1. The van der Waals surface area contributed by atoms with Crippen LogP contribution in [0.5, 0.6) is 0 Å². The standard InChI is InChI=1S/C22H33N5O3S2/c1-15-12-16(2)21(17(3)13-15)32(29,30)27(19-8-6-5-7-9-19)14-20(28)23-10-11-31-22-24-18(4)25-26-22/h12-13,19H,5-11,14H2,1-4H3,(H,23,28)(H,24,25,26). The third-order valence-electron chi connectivity index (χ3n) is 5.68. The van der Waals surface area contributed by atoms with Gasteiger partial charge in [0.15, 0.2) is 0 Å². The molecule has 1 aromatic heterocycles. The van der Waals surface area contributed by atoms with E-state index in [4.69, 9.17) is 0 Å². The molecule has 8 nitrogen and oxygen atoms in total. The highest BCUT2D eigenvalue weighted by Crippen LogP contribution is 2.31. The van der Waals surface area contributed by atoms with Gasteiger partial charge in [-0.2, -0.15) is 4.31 Å². The molecule has 10 heteroatoms. The number of nitrogens with one attached hydrogen (secondary N) is 2. The minimum absolute atomic E-state index is 0.148. The molecule has 2 aromatic rings. The number of aromatic amines is 1. The van der Waals surface area contributed by atoms with Gasteiger partial charge in [0.25, 0.3) is 0 Å². The van der Waals surface area contributed by atoms with Gasteiger partial charge in [0.2, 0.25) is 21.1 Å². The van der Waals surface area contributed by atoms with Crippen molar-refractivity contribution in [3.05, 3.63) is 34.6 Å². The number of H-pyrrole nitrogens is 1.